The Balaban J connectivity index is 3.27. The van der Waals surface area contributed by atoms with Crippen LogP contribution in [0.5, 0.6) is 0 Å². The average Bonchev–Trinajstić information content (AvgIpc) is 2.01. The molecule has 0 saturated carbocycles. The molecule has 0 N–H and O–H groups in total. The normalized spacial score (nSPS) is 12.1. The second-order valence-corrected chi connectivity index (χ2v) is 2.96. The van der Waals surface area contributed by atoms with E-state index in [2.05, 4.69) is 19.9 Å². The average molecular weight is 156 g/mol. The maximum atomic E-state index is 4.94. The fraction of sp³-hybridized carbons (Fsp3) is 0.800. The van der Waals surface area contributed by atoms with Crippen LogP contribution in [0.2, 0.25) is 0 Å². The molecule has 1 nitrogen and oxygen atoms in total. The van der Waals surface area contributed by atoms with Gasteiger partial charge in [-0.15, -0.1) is 0 Å². The van der Waals surface area contributed by atoms with E-state index in [0.717, 1.165) is 6.61 Å². The van der Waals surface area contributed by atoms with E-state index < -0.39 is 0 Å². The van der Waals surface area contributed by atoms with Crippen LogP contribution in [0.1, 0.15) is 39.5 Å². The quantitative estimate of drug-likeness (QED) is 0.424. The van der Waals surface area contributed by atoms with Crippen molar-refractivity contribution in [2.45, 2.75) is 39.5 Å². The van der Waals surface area contributed by atoms with E-state index in [9.17, 15) is 0 Å². The summed E-state index contributed by atoms with van der Waals surface area (Å²) < 4.78 is 4.94. The van der Waals surface area contributed by atoms with Gasteiger partial charge in [-0.05, 0) is 19.8 Å². The van der Waals surface area contributed by atoms with Gasteiger partial charge in [0, 0.05) is 7.11 Å². The maximum absolute atomic E-state index is 4.94. The lowest BCUT2D eigenvalue weighted by atomic mass is 10.1. The molecule has 0 heterocycles. The fourth-order valence-electron chi connectivity index (χ4n) is 0.981. The molecule has 0 unspecified atom stereocenters. The van der Waals surface area contributed by atoms with Gasteiger partial charge in [0.1, 0.15) is 0 Å². The summed E-state index contributed by atoms with van der Waals surface area (Å²) in [6.45, 7) is 5.17. The lowest BCUT2D eigenvalue weighted by Crippen LogP contribution is -1.85. The van der Waals surface area contributed by atoms with Crippen LogP contribution in [0.3, 0.4) is 0 Å². The van der Waals surface area contributed by atoms with Crippen LogP contribution >= 0.6 is 0 Å². The summed E-state index contributed by atoms with van der Waals surface area (Å²) in [5, 5.41) is 0. The Morgan fingerprint density at radius 1 is 1.36 bits per heavy atom. The van der Waals surface area contributed by atoms with Crippen LogP contribution in [-0.2, 0) is 4.74 Å². The number of rotatable bonds is 6. The highest BCUT2D eigenvalue weighted by molar-refractivity contribution is 4.97. The van der Waals surface area contributed by atoms with Crippen LogP contribution in [0.25, 0.3) is 0 Å². The zero-order valence-electron chi connectivity index (χ0n) is 8.02. The van der Waals surface area contributed by atoms with Gasteiger partial charge >= 0.3 is 0 Å². The molecule has 1 heteroatoms. The number of methoxy groups -OCH3 is 1. The molecule has 0 aliphatic rings. The molecule has 0 radical (unpaired) electrons. The Morgan fingerprint density at radius 2 is 2.09 bits per heavy atom. The molecule has 0 rings (SSSR count). The maximum Gasteiger partial charge on any atom is 0.0646 e. The molecule has 0 aliphatic carbocycles. The summed E-state index contributed by atoms with van der Waals surface area (Å²) in [5.41, 5.74) is 1.46. The number of hydrogen-bond acceptors (Lipinski definition) is 1. The van der Waals surface area contributed by atoms with Crippen molar-refractivity contribution in [1.82, 2.24) is 0 Å². The van der Waals surface area contributed by atoms with Gasteiger partial charge < -0.3 is 4.74 Å². The smallest absolute Gasteiger partial charge is 0.0646 e. The van der Waals surface area contributed by atoms with E-state index in [0.29, 0.717) is 0 Å². The molecular weight excluding hydrogens is 136 g/mol. The van der Waals surface area contributed by atoms with Gasteiger partial charge in [-0.25, -0.2) is 0 Å². The highest BCUT2D eigenvalue weighted by Crippen LogP contribution is 2.07. The second kappa shape index (κ2) is 7.80. The SMILES string of the molecule is CCCCC/C(C)=C/COC. The molecule has 0 spiro atoms. The standard InChI is InChI=1S/C10H20O/c1-4-5-6-7-10(2)8-9-11-3/h8H,4-7,9H2,1-3H3/b10-8+. The molecule has 0 aromatic heterocycles. The first-order valence-corrected chi connectivity index (χ1v) is 4.45. The first kappa shape index (κ1) is 10.7. The van der Waals surface area contributed by atoms with Gasteiger partial charge in [0.2, 0.25) is 0 Å². The summed E-state index contributed by atoms with van der Waals surface area (Å²) >= 11 is 0. The van der Waals surface area contributed by atoms with Crippen LogP contribution in [-0.4, -0.2) is 13.7 Å². The predicted molar refractivity (Wildman–Crippen MR) is 49.8 cm³/mol. The molecule has 66 valence electrons. The van der Waals surface area contributed by atoms with Crippen molar-refractivity contribution in [3.63, 3.8) is 0 Å². The van der Waals surface area contributed by atoms with Crippen molar-refractivity contribution >= 4 is 0 Å². The third-order valence-corrected chi connectivity index (χ3v) is 1.77. The van der Waals surface area contributed by atoms with Gasteiger partial charge in [-0.2, -0.15) is 0 Å². The van der Waals surface area contributed by atoms with Crippen molar-refractivity contribution in [2.75, 3.05) is 13.7 Å². The fourth-order valence-corrected chi connectivity index (χ4v) is 0.981. The van der Waals surface area contributed by atoms with Crippen LogP contribution < -0.4 is 0 Å². The highest BCUT2D eigenvalue weighted by atomic mass is 16.5. The third kappa shape index (κ3) is 7.60. The van der Waals surface area contributed by atoms with Gasteiger partial charge in [-0.3, -0.25) is 0 Å². The molecule has 0 saturated heterocycles. The van der Waals surface area contributed by atoms with E-state index in [1.165, 1.54) is 31.3 Å². The lowest BCUT2D eigenvalue weighted by molar-refractivity contribution is 0.233. The van der Waals surface area contributed by atoms with Crippen molar-refractivity contribution in [2.24, 2.45) is 0 Å². The summed E-state index contributed by atoms with van der Waals surface area (Å²) in [7, 11) is 1.73. The van der Waals surface area contributed by atoms with Gasteiger partial charge in [0.25, 0.3) is 0 Å². The molecule has 0 bridgehead atoms. The largest absolute Gasteiger partial charge is 0.381 e. The zero-order valence-corrected chi connectivity index (χ0v) is 8.02. The molecule has 0 fully saturated rings. The summed E-state index contributed by atoms with van der Waals surface area (Å²) in [6, 6.07) is 0. The molecule has 0 aromatic rings. The van der Waals surface area contributed by atoms with Crippen LogP contribution in [0.15, 0.2) is 11.6 Å². The second-order valence-electron chi connectivity index (χ2n) is 2.96. The summed E-state index contributed by atoms with van der Waals surface area (Å²) in [5.74, 6) is 0. The topological polar surface area (TPSA) is 9.23 Å². The minimum atomic E-state index is 0.762. The first-order valence-electron chi connectivity index (χ1n) is 4.45. The molecular formula is C10H20O. The van der Waals surface area contributed by atoms with E-state index in [4.69, 9.17) is 4.74 Å². The third-order valence-electron chi connectivity index (χ3n) is 1.77. The monoisotopic (exact) mass is 156 g/mol. The highest BCUT2D eigenvalue weighted by Gasteiger charge is 1.88. The Bertz CT molecular complexity index is 105. The van der Waals surface area contributed by atoms with Crippen LogP contribution in [0.4, 0.5) is 0 Å². The lowest BCUT2D eigenvalue weighted by Gasteiger charge is -1.99. The molecule has 0 amide bonds. The molecule has 0 atom stereocenters. The van der Waals surface area contributed by atoms with Crippen molar-refractivity contribution < 1.29 is 4.74 Å². The number of unbranched alkanes of at least 4 members (excludes halogenated alkanes) is 2. The molecule has 0 aliphatic heterocycles. The Labute approximate surface area is 70.4 Å². The van der Waals surface area contributed by atoms with E-state index in [-0.39, 0.29) is 0 Å². The van der Waals surface area contributed by atoms with Crippen molar-refractivity contribution in [1.29, 1.82) is 0 Å². The number of ether oxygens (including phenoxy) is 1. The molecule has 0 aromatic carbocycles. The molecule has 11 heavy (non-hydrogen) atoms. The Morgan fingerprint density at radius 3 is 2.64 bits per heavy atom. The van der Waals surface area contributed by atoms with Crippen molar-refractivity contribution in [3.05, 3.63) is 11.6 Å². The van der Waals surface area contributed by atoms with E-state index in [1.54, 1.807) is 7.11 Å². The van der Waals surface area contributed by atoms with E-state index in [1.807, 2.05) is 0 Å². The minimum absolute atomic E-state index is 0.762. The predicted octanol–water partition coefficient (Wildman–Crippen LogP) is 3.16. The number of hydrogen-bond donors (Lipinski definition) is 0. The van der Waals surface area contributed by atoms with E-state index >= 15 is 0 Å². The van der Waals surface area contributed by atoms with Crippen molar-refractivity contribution in [3.8, 4) is 0 Å². The Hall–Kier alpha value is -0.300. The minimum Gasteiger partial charge on any atom is -0.381 e. The Kier molecular flexibility index (Phi) is 7.59. The summed E-state index contributed by atoms with van der Waals surface area (Å²) in [6.07, 6.45) is 7.37. The first-order chi connectivity index (χ1) is 5.31. The van der Waals surface area contributed by atoms with Gasteiger partial charge in [0.15, 0.2) is 0 Å². The zero-order chi connectivity index (χ0) is 8.53. The number of allylic oxidation sites excluding steroid dienone is 1. The van der Waals surface area contributed by atoms with Gasteiger partial charge in [0.05, 0.1) is 6.61 Å². The van der Waals surface area contributed by atoms with Gasteiger partial charge in [-0.1, -0.05) is 31.4 Å². The van der Waals surface area contributed by atoms with Crippen LogP contribution in [0, 0.1) is 0 Å². The summed E-state index contributed by atoms with van der Waals surface area (Å²) in [4.78, 5) is 0.